The van der Waals surface area contributed by atoms with Gasteiger partial charge in [-0.3, -0.25) is 0 Å². The molecule has 2 bridgehead atoms. The number of likely N-dealkylation sites (N-methyl/N-ethyl adjacent to an activating group) is 1. The molecule has 2 spiro atoms. The van der Waals surface area contributed by atoms with Crippen LogP contribution in [0, 0.1) is 35.0 Å². The molecule has 1 unspecified atom stereocenters. The number of allylic oxidation sites excluding steroid dienone is 1. The molecule has 0 radical (unpaired) electrons. The normalized spacial score (nSPS) is 47.7. The summed E-state index contributed by atoms with van der Waals surface area (Å²) in [4.78, 5) is 4.89. The maximum Gasteiger partial charge on any atom is 0.0975 e. The summed E-state index contributed by atoms with van der Waals surface area (Å²) < 4.78 is 7.43. The number of fused-ring (bicyclic) bond motifs is 1. The average molecular weight is 479 g/mol. The maximum absolute atomic E-state index is 7.43. The van der Waals surface area contributed by atoms with Crippen LogP contribution in [0.15, 0.2) is 35.5 Å². The second-order valence-electron chi connectivity index (χ2n) is 14.1. The minimum absolute atomic E-state index is 0.0184. The van der Waals surface area contributed by atoms with E-state index in [1.807, 2.05) is 0 Å². The predicted molar refractivity (Wildman–Crippen MR) is 145 cm³/mol. The molecule has 9 atom stereocenters. The second kappa shape index (κ2) is 8.57. The quantitative estimate of drug-likeness (QED) is 0.450. The van der Waals surface area contributed by atoms with Crippen LogP contribution in [0.5, 0.6) is 0 Å². The van der Waals surface area contributed by atoms with E-state index in [2.05, 4.69) is 76.0 Å². The fourth-order valence-electron chi connectivity index (χ4n) is 9.88. The Morgan fingerprint density at radius 2 is 2.00 bits per heavy atom. The van der Waals surface area contributed by atoms with Gasteiger partial charge in [-0.15, -0.1) is 0 Å². The molecule has 3 heterocycles. The van der Waals surface area contributed by atoms with E-state index < -0.39 is 0 Å². The molecule has 3 aliphatic carbocycles. The molecule has 3 heteroatoms. The molecular weight excluding hydrogens is 428 g/mol. The van der Waals surface area contributed by atoms with Crippen molar-refractivity contribution < 1.29 is 4.74 Å². The highest BCUT2D eigenvalue weighted by Gasteiger charge is 2.66. The van der Waals surface area contributed by atoms with Crippen molar-refractivity contribution >= 4 is 0 Å². The third-order valence-corrected chi connectivity index (χ3v) is 12.0. The zero-order valence-corrected chi connectivity index (χ0v) is 23.4. The molecule has 0 aromatic carbocycles. The van der Waals surface area contributed by atoms with Crippen LogP contribution in [0.3, 0.4) is 0 Å². The Hall–Kier alpha value is -0.900. The van der Waals surface area contributed by atoms with Gasteiger partial charge in [0.1, 0.15) is 0 Å². The highest BCUT2D eigenvalue weighted by Crippen LogP contribution is 2.68. The monoisotopic (exact) mass is 478 g/mol. The van der Waals surface area contributed by atoms with Crippen molar-refractivity contribution in [2.24, 2.45) is 35.0 Å². The van der Waals surface area contributed by atoms with Crippen LogP contribution in [-0.4, -0.2) is 61.3 Å². The molecule has 6 rings (SSSR count). The molecule has 3 aliphatic heterocycles. The lowest BCUT2D eigenvalue weighted by Crippen LogP contribution is -2.54. The molecule has 2 saturated heterocycles. The summed E-state index contributed by atoms with van der Waals surface area (Å²) in [6.07, 6.45) is 21.8. The SMILES string of the molecule is CC1CN(C)CC[C@@H]1CC[C@@H](C)[C@H]1CC[C@@H]2[C@]1(C)CC=C1C=C3C=C[C@@H](N(C)C)C[C@]34CC[C@@]12O4. The number of ether oxygens (including phenoxy) is 1. The third kappa shape index (κ3) is 3.69. The van der Waals surface area contributed by atoms with Crippen molar-refractivity contribution in [1.82, 2.24) is 9.80 Å². The summed E-state index contributed by atoms with van der Waals surface area (Å²) >= 11 is 0. The van der Waals surface area contributed by atoms with E-state index in [4.69, 9.17) is 4.74 Å². The van der Waals surface area contributed by atoms with E-state index in [1.165, 1.54) is 75.6 Å². The summed E-state index contributed by atoms with van der Waals surface area (Å²) in [7, 11) is 6.72. The van der Waals surface area contributed by atoms with Gasteiger partial charge in [0, 0.05) is 12.6 Å². The number of hydrogen-bond donors (Lipinski definition) is 0. The van der Waals surface area contributed by atoms with Gasteiger partial charge in [0.05, 0.1) is 11.2 Å². The molecule has 194 valence electrons. The molecule has 3 nitrogen and oxygen atoms in total. The Morgan fingerprint density at radius 1 is 1.17 bits per heavy atom. The minimum atomic E-state index is -0.0484. The van der Waals surface area contributed by atoms with Crippen LogP contribution < -0.4 is 0 Å². The van der Waals surface area contributed by atoms with E-state index >= 15 is 0 Å². The van der Waals surface area contributed by atoms with Crippen LogP contribution in [0.2, 0.25) is 0 Å². The van der Waals surface area contributed by atoms with E-state index in [0.29, 0.717) is 17.4 Å². The van der Waals surface area contributed by atoms with Gasteiger partial charge in [0.15, 0.2) is 0 Å². The Bertz CT molecular complexity index is 934. The van der Waals surface area contributed by atoms with Gasteiger partial charge in [-0.2, -0.15) is 0 Å². The third-order valence-electron chi connectivity index (χ3n) is 12.0. The Kier molecular flexibility index (Phi) is 5.98. The molecule has 0 aromatic rings. The lowest BCUT2D eigenvalue weighted by atomic mass is 9.57. The standard InChI is InChI=1S/C32H50N2O/c1-22(7-8-24-14-18-34(6)21-23(24)2)28-11-12-29-30(28,3)15-13-26-19-25-9-10-27(33(4)5)20-31(25)16-17-32(26,29)35-31/h9-10,13,19,22-24,27-29H,7-8,11-12,14-18,20-21H2,1-6H3/t22-,23?,24+,27-,28-,29-,30-,31-,32-/m1/s1. The van der Waals surface area contributed by atoms with Crippen molar-refractivity contribution in [2.45, 2.75) is 95.8 Å². The first kappa shape index (κ1) is 24.4. The second-order valence-corrected chi connectivity index (χ2v) is 14.1. The average Bonchev–Trinajstić information content (AvgIpc) is 3.33. The fraction of sp³-hybridized carbons (Fsp3) is 0.812. The van der Waals surface area contributed by atoms with Crippen molar-refractivity contribution in [3.8, 4) is 0 Å². The summed E-state index contributed by atoms with van der Waals surface area (Å²) in [6, 6.07) is 0.487. The number of piperidine rings is 1. The van der Waals surface area contributed by atoms with Gasteiger partial charge < -0.3 is 14.5 Å². The smallest absolute Gasteiger partial charge is 0.0975 e. The van der Waals surface area contributed by atoms with Crippen LogP contribution >= 0.6 is 0 Å². The van der Waals surface area contributed by atoms with Gasteiger partial charge in [-0.1, -0.05) is 51.5 Å². The van der Waals surface area contributed by atoms with Crippen LogP contribution in [0.25, 0.3) is 0 Å². The van der Waals surface area contributed by atoms with Gasteiger partial charge in [-0.05, 0) is 125 Å². The van der Waals surface area contributed by atoms with Crippen molar-refractivity contribution in [2.75, 3.05) is 34.2 Å². The molecule has 1 saturated carbocycles. The molecule has 0 aromatic heterocycles. The number of rotatable bonds is 5. The van der Waals surface area contributed by atoms with E-state index in [0.717, 1.165) is 30.1 Å². The molecular formula is C32H50N2O. The van der Waals surface area contributed by atoms with Crippen LogP contribution in [-0.2, 0) is 4.74 Å². The highest BCUT2D eigenvalue weighted by atomic mass is 16.5. The summed E-state index contributed by atoms with van der Waals surface area (Å²) in [6.45, 7) is 10.3. The van der Waals surface area contributed by atoms with Crippen molar-refractivity contribution in [1.29, 1.82) is 0 Å². The Morgan fingerprint density at radius 3 is 2.77 bits per heavy atom. The molecule has 0 amide bonds. The van der Waals surface area contributed by atoms with Crippen LogP contribution in [0.1, 0.15) is 78.6 Å². The summed E-state index contributed by atoms with van der Waals surface area (Å²) in [5.74, 6) is 4.13. The van der Waals surface area contributed by atoms with Gasteiger partial charge in [0.25, 0.3) is 0 Å². The van der Waals surface area contributed by atoms with Gasteiger partial charge >= 0.3 is 0 Å². The first-order valence-corrected chi connectivity index (χ1v) is 14.8. The fourth-order valence-corrected chi connectivity index (χ4v) is 9.88. The first-order chi connectivity index (χ1) is 16.7. The zero-order valence-electron chi connectivity index (χ0n) is 23.4. The number of hydrogen-bond acceptors (Lipinski definition) is 3. The highest BCUT2D eigenvalue weighted by molar-refractivity contribution is 5.51. The van der Waals surface area contributed by atoms with Crippen molar-refractivity contribution in [3.05, 3.63) is 35.5 Å². The number of likely N-dealkylation sites (tertiary alicyclic amines) is 1. The van der Waals surface area contributed by atoms with Gasteiger partial charge in [0.2, 0.25) is 0 Å². The van der Waals surface area contributed by atoms with E-state index in [-0.39, 0.29) is 11.2 Å². The molecule has 3 fully saturated rings. The summed E-state index contributed by atoms with van der Waals surface area (Å²) in [5.41, 5.74) is 3.31. The summed E-state index contributed by atoms with van der Waals surface area (Å²) in [5, 5.41) is 0. The minimum Gasteiger partial charge on any atom is -0.359 e. The topological polar surface area (TPSA) is 15.7 Å². The Labute approximate surface area is 215 Å². The predicted octanol–water partition coefficient (Wildman–Crippen LogP) is 6.47. The van der Waals surface area contributed by atoms with E-state index in [1.54, 1.807) is 0 Å². The maximum atomic E-state index is 7.43. The molecule has 6 aliphatic rings. The number of nitrogens with zero attached hydrogens (tertiary/aromatic N) is 2. The largest absolute Gasteiger partial charge is 0.359 e. The Balaban J connectivity index is 1.21. The van der Waals surface area contributed by atoms with Crippen molar-refractivity contribution in [3.63, 3.8) is 0 Å². The lowest BCUT2D eigenvalue weighted by Gasteiger charge is -2.54. The van der Waals surface area contributed by atoms with Crippen LogP contribution in [0.4, 0.5) is 0 Å². The lowest BCUT2D eigenvalue weighted by molar-refractivity contribution is -0.136. The first-order valence-electron chi connectivity index (χ1n) is 14.8. The zero-order chi connectivity index (χ0) is 24.6. The van der Waals surface area contributed by atoms with Gasteiger partial charge in [-0.25, -0.2) is 0 Å². The molecule has 0 N–H and O–H groups in total. The molecule has 35 heavy (non-hydrogen) atoms. The van der Waals surface area contributed by atoms with E-state index in [9.17, 15) is 0 Å².